The molecule has 0 heterocycles. The molecule has 0 N–H and O–H groups in total. The Kier molecular flexibility index (Phi) is 5.76. The number of ether oxygens (including phenoxy) is 1. The second-order valence-corrected chi connectivity index (χ2v) is 6.50. The summed E-state index contributed by atoms with van der Waals surface area (Å²) in [5.74, 6) is -0.859. The first-order chi connectivity index (χ1) is 10.0. The molecule has 0 bridgehead atoms. The van der Waals surface area contributed by atoms with E-state index in [4.69, 9.17) is 4.74 Å². The van der Waals surface area contributed by atoms with Crippen molar-refractivity contribution in [3.05, 3.63) is 63.6 Å². The van der Waals surface area contributed by atoms with Crippen molar-refractivity contribution >= 4 is 31.9 Å². The predicted molar refractivity (Wildman–Crippen MR) is 87.0 cm³/mol. The highest BCUT2D eigenvalue weighted by molar-refractivity contribution is 9.10. The lowest BCUT2D eigenvalue weighted by Crippen LogP contribution is -1.98. The maximum absolute atomic E-state index is 13.2. The van der Waals surface area contributed by atoms with Crippen molar-refractivity contribution in [2.75, 3.05) is 6.61 Å². The number of hydrogen-bond donors (Lipinski definition) is 0. The SMILES string of the molecule is CCOc1ccc(C(Br)Cc2ccc(F)c(F)c2)cc1Br. The Bertz CT molecular complexity index is 632. The number of alkyl halides is 1. The molecule has 1 atom stereocenters. The van der Waals surface area contributed by atoms with Crippen LogP contribution in [-0.4, -0.2) is 6.61 Å². The van der Waals surface area contributed by atoms with Gasteiger partial charge in [0.1, 0.15) is 5.75 Å². The second-order valence-electron chi connectivity index (χ2n) is 4.54. The number of halogens is 4. The normalized spacial score (nSPS) is 12.2. The van der Waals surface area contributed by atoms with Crippen LogP contribution in [0.1, 0.15) is 22.9 Å². The van der Waals surface area contributed by atoms with E-state index >= 15 is 0 Å². The Morgan fingerprint density at radius 2 is 1.86 bits per heavy atom. The van der Waals surface area contributed by atoms with Gasteiger partial charge in [-0.05, 0) is 64.7 Å². The Balaban J connectivity index is 2.14. The van der Waals surface area contributed by atoms with Crippen molar-refractivity contribution in [3.8, 4) is 5.75 Å². The molecule has 0 fully saturated rings. The molecule has 0 aliphatic heterocycles. The van der Waals surface area contributed by atoms with Crippen LogP contribution < -0.4 is 4.74 Å². The summed E-state index contributed by atoms with van der Waals surface area (Å²) < 4.78 is 32.5. The monoisotopic (exact) mass is 418 g/mol. The zero-order valence-electron chi connectivity index (χ0n) is 11.4. The van der Waals surface area contributed by atoms with Crippen LogP contribution in [0.2, 0.25) is 0 Å². The number of hydrogen-bond acceptors (Lipinski definition) is 1. The van der Waals surface area contributed by atoms with Gasteiger partial charge in [0.2, 0.25) is 0 Å². The highest BCUT2D eigenvalue weighted by atomic mass is 79.9. The van der Waals surface area contributed by atoms with Crippen LogP contribution in [0.5, 0.6) is 5.75 Å². The highest BCUT2D eigenvalue weighted by Crippen LogP contribution is 2.33. The lowest BCUT2D eigenvalue weighted by Gasteiger charge is -2.13. The molecule has 1 unspecified atom stereocenters. The Morgan fingerprint density at radius 3 is 2.48 bits per heavy atom. The summed E-state index contributed by atoms with van der Waals surface area (Å²) in [5.41, 5.74) is 1.77. The van der Waals surface area contributed by atoms with Gasteiger partial charge in [0.15, 0.2) is 11.6 Å². The molecule has 0 saturated carbocycles. The van der Waals surface area contributed by atoms with Crippen LogP contribution in [0.4, 0.5) is 8.78 Å². The molecule has 2 aromatic carbocycles. The van der Waals surface area contributed by atoms with Crippen LogP contribution in [0.3, 0.4) is 0 Å². The molecule has 1 nitrogen and oxygen atoms in total. The summed E-state index contributed by atoms with van der Waals surface area (Å²) in [6, 6.07) is 9.78. The minimum Gasteiger partial charge on any atom is -0.493 e. The van der Waals surface area contributed by atoms with Crippen LogP contribution in [0.15, 0.2) is 40.9 Å². The molecule has 112 valence electrons. The first-order valence-electron chi connectivity index (χ1n) is 6.51. The lowest BCUT2D eigenvalue weighted by molar-refractivity contribution is 0.338. The van der Waals surface area contributed by atoms with E-state index in [1.807, 2.05) is 25.1 Å². The molecule has 0 saturated heterocycles. The molecule has 2 rings (SSSR count). The van der Waals surface area contributed by atoms with E-state index in [9.17, 15) is 8.78 Å². The Hall–Kier alpha value is -0.940. The second kappa shape index (κ2) is 7.36. The molecule has 0 amide bonds. The van der Waals surface area contributed by atoms with Crippen molar-refractivity contribution in [1.82, 2.24) is 0 Å². The van der Waals surface area contributed by atoms with E-state index in [2.05, 4.69) is 31.9 Å². The van der Waals surface area contributed by atoms with Crippen LogP contribution >= 0.6 is 31.9 Å². The summed E-state index contributed by atoms with van der Waals surface area (Å²) in [5, 5.41) is 0. The molecule has 2 aromatic rings. The van der Waals surface area contributed by atoms with Gasteiger partial charge in [-0.1, -0.05) is 28.1 Å². The summed E-state index contributed by atoms with van der Waals surface area (Å²) in [6.45, 7) is 2.53. The van der Waals surface area contributed by atoms with Crippen LogP contribution in [0.25, 0.3) is 0 Å². The van der Waals surface area contributed by atoms with Gasteiger partial charge in [-0.3, -0.25) is 0 Å². The fourth-order valence-electron chi connectivity index (χ4n) is 1.98. The molecule has 0 spiro atoms. The molecule has 5 heteroatoms. The molecule has 21 heavy (non-hydrogen) atoms. The van der Waals surface area contributed by atoms with Gasteiger partial charge in [0, 0.05) is 4.83 Å². The third-order valence-corrected chi connectivity index (χ3v) is 4.49. The van der Waals surface area contributed by atoms with Crippen molar-refractivity contribution in [3.63, 3.8) is 0 Å². The van der Waals surface area contributed by atoms with Crippen molar-refractivity contribution in [2.24, 2.45) is 0 Å². The van der Waals surface area contributed by atoms with Crippen molar-refractivity contribution in [1.29, 1.82) is 0 Å². The number of rotatable bonds is 5. The van der Waals surface area contributed by atoms with Gasteiger partial charge < -0.3 is 4.74 Å². The lowest BCUT2D eigenvalue weighted by atomic mass is 10.0. The van der Waals surface area contributed by atoms with Crippen LogP contribution in [-0.2, 0) is 6.42 Å². The zero-order valence-corrected chi connectivity index (χ0v) is 14.5. The van der Waals surface area contributed by atoms with E-state index in [0.29, 0.717) is 13.0 Å². The smallest absolute Gasteiger partial charge is 0.159 e. The predicted octanol–water partition coefficient (Wildman–Crippen LogP) is 5.80. The van der Waals surface area contributed by atoms with Gasteiger partial charge in [-0.25, -0.2) is 8.78 Å². The fraction of sp³-hybridized carbons (Fsp3) is 0.250. The van der Waals surface area contributed by atoms with Crippen molar-refractivity contribution < 1.29 is 13.5 Å². The largest absolute Gasteiger partial charge is 0.493 e. The minimum absolute atomic E-state index is 0.00865. The zero-order chi connectivity index (χ0) is 15.4. The molecular weight excluding hydrogens is 406 g/mol. The molecular formula is C16H14Br2F2O. The quantitative estimate of drug-likeness (QED) is 0.556. The van der Waals surface area contributed by atoms with Gasteiger partial charge in [0.25, 0.3) is 0 Å². The maximum Gasteiger partial charge on any atom is 0.159 e. The van der Waals surface area contributed by atoms with Gasteiger partial charge in [-0.15, -0.1) is 0 Å². The molecule has 0 aliphatic carbocycles. The highest BCUT2D eigenvalue weighted by Gasteiger charge is 2.12. The van der Waals surface area contributed by atoms with Crippen molar-refractivity contribution in [2.45, 2.75) is 18.2 Å². The number of benzene rings is 2. The Morgan fingerprint density at radius 1 is 1.10 bits per heavy atom. The van der Waals surface area contributed by atoms with E-state index in [1.165, 1.54) is 6.07 Å². The van der Waals surface area contributed by atoms with E-state index in [-0.39, 0.29) is 4.83 Å². The average Bonchev–Trinajstić information content (AvgIpc) is 2.45. The topological polar surface area (TPSA) is 9.23 Å². The van der Waals surface area contributed by atoms with E-state index in [0.717, 1.165) is 27.4 Å². The van der Waals surface area contributed by atoms with Gasteiger partial charge in [0.05, 0.1) is 11.1 Å². The first-order valence-corrected chi connectivity index (χ1v) is 8.22. The summed E-state index contributed by atoms with van der Waals surface area (Å²) in [7, 11) is 0. The maximum atomic E-state index is 13.2. The Labute approximate surface area is 139 Å². The summed E-state index contributed by atoms with van der Waals surface area (Å²) in [4.78, 5) is 0.00865. The third kappa shape index (κ3) is 4.27. The molecule has 0 radical (unpaired) electrons. The van der Waals surface area contributed by atoms with E-state index < -0.39 is 11.6 Å². The fourth-order valence-corrected chi connectivity index (χ4v) is 3.15. The van der Waals surface area contributed by atoms with E-state index in [1.54, 1.807) is 6.07 Å². The first kappa shape index (κ1) is 16.4. The summed E-state index contributed by atoms with van der Waals surface area (Å²) in [6.07, 6.45) is 0.567. The molecule has 0 aromatic heterocycles. The van der Waals surface area contributed by atoms with Gasteiger partial charge in [-0.2, -0.15) is 0 Å². The average molecular weight is 420 g/mol. The standard InChI is InChI=1S/C16H14Br2F2O/c1-2-21-16-6-4-11(9-13(16)18)12(17)7-10-3-5-14(19)15(20)8-10/h3-6,8-9,12H,2,7H2,1H3. The third-order valence-electron chi connectivity index (χ3n) is 3.02. The minimum atomic E-state index is -0.825. The summed E-state index contributed by atoms with van der Waals surface area (Å²) >= 11 is 7.05. The molecule has 0 aliphatic rings. The van der Waals surface area contributed by atoms with Gasteiger partial charge >= 0.3 is 0 Å². The van der Waals surface area contributed by atoms with Crippen LogP contribution in [0, 0.1) is 11.6 Å².